The van der Waals surface area contributed by atoms with Gasteiger partial charge in [0.2, 0.25) is 10.0 Å². The minimum absolute atomic E-state index is 0.169. The number of rotatable bonds is 8. The van der Waals surface area contributed by atoms with E-state index in [-0.39, 0.29) is 18.4 Å². The molecule has 0 bridgehead atoms. The van der Waals surface area contributed by atoms with Gasteiger partial charge in [0.25, 0.3) is 0 Å². The minimum Gasteiger partial charge on any atom is -0.489 e. The van der Waals surface area contributed by atoms with E-state index in [1.54, 1.807) is 0 Å². The van der Waals surface area contributed by atoms with Crippen LogP contribution in [0.3, 0.4) is 0 Å². The molecule has 0 radical (unpaired) electrons. The molecule has 108 valence electrons. The van der Waals surface area contributed by atoms with Crippen molar-refractivity contribution in [3.05, 3.63) is 30.3 Å². The van der Waals surface area contributed by atoms with Crippen molar-refractivity contribution in [2.75, 3.05) is 12.3 Å². The molecule has 0 aliphatic heterocycles. The van der Waals surface area contributed by atoms with Gasteiger partial charge in [0.05, 0.1) is 5.75 Å². The monoisotopic (exact) mass is 285 g/mol. The van der Waals surface area contributed by atoms with Crippen LogP contribution in [0.2, 0.25) is 0 Å². The van der Waals surface area contributed by atoms with E-state index in [1.807, 2.05) is 51.1 Å². The van der Waals surface area contributed by atoms with Crippen LogP contribution in [0.15, 0.2) is 30.3 Å². The van der Waals surface area contributed by atoms with Gasteiger partial charge in [0, 0.05) is 6.54 Å². The van der Waals surface area contributed by atoms with E-state index < -0.39 is 10.0 Å². The molecule has 19 heavy (non-hydrogen) atoms. The highest BCUT2D eigenvalue weighted by molar-refractivity contribution is 7.89. The molecule has 0 amide bonds. The summed E-state index contributed by atoms with van der Waals surface area (Å²) in [5.74, 6) is 1.30. The Morgan fingerprint density at radius 2 is 1.79 bits per heavy atom. The molecule has 0 saturated carbocycles. The zero-order valence-electron chi connectivity index (χ0n) is 11.8. The van der Waals surface area contributed by atoms with E-state index >= 15 is 0 Å². The maximum atomic E-state index is 11.7. The lowest BCUT2D eigenvalue weighted by Crippen LogP contribution is -2.35. The molecule has 0 fully saturated rings. The highest BCUT2D eigenvalue weighted by Crippen LogP contribution is 2.10. The summed E-state index contributed by atoms with van der Waals surface area (Å²) < 4.78 is 31.6. The van der Waals surface area contributed by atoms with E-state index in [0.29, 0.717) is 12.3 Å². The first kappa shape index (κ1) is 16.0. The Morgan fingerprint density at radius 1 is 1.16 bits per heavy atom. The smallest absolute Gasteiger partial charge is 0.211 e. The molecular weight excluding hydrogens is 262 g/mol. The van der Waals surface area contributed by atoms with Crippen molar-refractivity contribution in [2.24, 2.45) is 5.92 Å². The van der Waals surface area contributed by atoms with Gasteiger partial charge in [-0.25, -0.2) is 13.1 Å². The predicted octanol–water partition coefficient (Wildman–Crippen LogP) is 2.42. The summed E-state index contributed by atoms with van der Waals surface area (Å²) >= 11 is 0. The van der Waals surface area contributed by atoms with Gasteiger partial charge in [-0.05, 0) is 31.4 Å². The van der Waals surface area contributed by atoms with Crippen molar-refractivity contribution < 1.29 is 13.2 Å². The molecule has 1 aromatic carbocycles. The number of hydrogen-bond donors (Lipinski definition) is 1. The molecule has 1 N–H and O–H groups in total. The maximum absolute atomic E-state index is 11.7. The third kappa shape index (κ3) is 7.18. The largest absolute Gasteiger partial charge is 0.489 e. The number of ether oxygens (including phenoxy) is 1. The molecule has 5 heteroatoms. The van der Waals surface area contributed by atoms with Crippen LogP contribution in [0.1, 0.15) is 27.2 Å². The van der Waals surface area contributed by atoms with Gasteiger partial charge in [0.15, 0.2) is 0 Å². The second kappa shape index (κ2) is 7.50. The Balaban J connectivity index is 2.35. The average molecular weight is 285 g/mol. The first-order chi connectivity index (χ1) is 8.89. The molecule has 1 unspecified atom stereocenters. The van der Waals surface area contributed by atoms with Crippen LogP contribution in [0.4, 0.5) is 0 Å². The highest BCUT2D eigenvalue weighted by atomic mass is 32.2. The Morgan fingerprint density at radius 3 is 2.37 bits per heavy atom. The van der Waals surface area contributed by atoms with Crippen LogP contribution in [0, 0.1) is 5.92 Å². The summed E-state index contributed by atoms with van der Waals surface area (Å²) in [7, 11) is -3.19. The normalized spacial score (nSPS) is 13.5. The van der Waals surface area contributed by atoms with Crippen molar-refractivity contribution in [2.45, 2.75) is 33.3 Å². The molecule has 1 rings (SSSR count). The Bertz CT molecular complexity index is 457. The van der Waals surface area contributed by atoms with Crippen LogP contribution < -0.4 is 9.46 Å². The summed E-state index contributed by atoms with van der Waals surface area (Å²) in [4.78, 5) is 0. The number of sulfonamides is 1. The molecule has 0 spiro atoms. The van der Waals surface area contributed by atoms with E-state index in [1.165, 1.54) is 0 Å². The van der Waals surface area contributed by atoms with Crippen LogP contribution in [0.25, 0.3) is 0 Å². The van der Waals surface area contributed by atoms with Crippen molar-refractivity contribution in [3.8, 4) is 5.75 Å². The lowest BCUT2D eigenvalue weighted by Gasteiger charge is -2.15. The number of nitrogens with one attached hydrogen (secondary N) is 1. The van der Waals surface area contributed by atoms with Gasteiger partial charge in [-0.3, -0.25) is 0 Å². The molecule has 0 aliphatic rings. The van der Waals surface area contributed by atoms with Crippen molar-refractivity contribution >= 4 is 10.0 Å². The van der Waals surface area contributed by atoms with Crippen LogP contribution in [-0.2, 0) is 10.0 Å². The summed E-state index contributed by atoms with van der Waals surface area (Å²) in [6, 6.07) is 9.38. The zero-order valence-corrected chi connectivity index (χ0v) is 12.6. The average Bonchev–Trinajstić information content (AvgIpc) is 2.36. The second-order valence-corrected chi connectivity index (χ2v) is 7.02. The fourth-order valence-electron chi connectivity index (χ4n) is 1.48. The Hall–Kier alpha value is -1.07. The van der Waals surface area contributed by atoms with Crippen molar-refractivity contribution in [1.29, 1.82) is 0 Å². The lowest BCUT2D eigenvalue weighted by molar-refractivity contribution is 0.225. The molecule has 4 nitrogen and oxygen atoms in total. The van der Waals surface area contributed by atoms with Crippen molar-refractivity contribution in [1.82, 2.24) is 4.72 Å². The van der Waals surface area contributed by atoms with Gasteiger partial charge in [0.1, 0.15) is 11.9 Å². The first-order valence-corrected chi connectivity index (χ1v) is 8.23. The number of benzene rings is 1. The van der Waals surface area contributed by atoms with Gasteiger partial charge in [-0.15, -0.1) is 0 Å². The number of para-hydroxylation sites is 1. The SMILES string of the molecule is CC(C)CCS(=O)(=O)NCC(C)Oc1ccccc1. The summed E-state index contributed by atoms with van der Waals surface area (Å²) in [5, 5.41) is 0. The molecular formula is C14H23NO3S. The van der Waals surface area contributed by atoms with Gasteiger partial charge >= 0.3 is 0 Å². The molecule has 1 aromatic rings. The third-order valence-electron chi connectivity index (χ3n) is 2.64. The predicted molar refractivity (Wildman–Crippen MR) is 77.8 cm³/mol. The highest BCUT2D eigenvalue weighted by Gasteiger charge is 2.13. The molecule has 0 aliphatic carbocycles. The Labute approximate surface area is 116 Å². The van der Waals surface area contributed by atoms with E-state index in [0.717, 1.165) is 5.75 Å². The van der Waals surface area contributed by atoms with Crippen LogP contribution >= 0.6 is 0 Å². The summed E-state index contributed by atoms with van der Waals surface area (Å²) in [6.07, 6.45) is 0.472. The van der Waals surface area contributed by atoms with Crippen LogP contribution in [-0.4, -0.2) is 26.8 Å². The second-order valence-electron chi connectivity index (χ2n) is 5.09. The molecule has 0 heterocycles. The minimum atomic E-state index is -3.19. The Kier molecular flexibility index (Phi) is 6.31. The maximum Gasteiger partial charge on any atom is 0.211 e. The van der Waals surface area contributed by atoms with Crippen LogP contribution in [0.5, 0.6) is 5.75 Å². The van der Waals surface area contributed by atoms with Crippen molar-refractivity contribution in [3.63, 3.8) is 0 Å². The fraction of sp³-hybridized carbons (Fsp3) is 0.571. The topological polar surface area (TPSA) is 55.4 Å². The van der Waals surface area contributed by atoms with Gasteiger partial charge < -0.3 is 4.74 Å². The summed E-state index contributed by atoms with van der Waals surface area (Å²) in [6.45, 7) is 6.15. The third-order valence-corrected chi connectivity index (χ3v) is 4.01. The molecule has 0 aromatic heterocycles. The quantitative estimate of drug-likeness (QED) is 0.798. The van der Waals surface area contributed by atoms with E-state index in [9.17, 15) is 8.42 Å². The molecule has 1 atom stereocenters. The van der Waals surface area contributed by atoms with Gasteiger partial charge in [-0.2, -0.15) is 0 Å². The standard InChI is InChI=1S/C14H23NO3S/c1-12(2)9-10-19(16,17)15-11-13(3)18-14-7-5-4-6-8-14/h4-8,12-13,15H,9-11H2,1-3H3. The lowest BCUT2D eigenvalue weighted by atomic mass is 10.2. The van der Waals surface area contributed by atoms with E-state index in [4.69, 9.17) is 4.74 Å². The first-order valence-electron chi connectivity index (χ1n) is 6.58. The fourth-order valence-corrected chi connectivity index (χ4v) is 2.90. The number of hydrogen-bond acceptors (Lipinski definition) is 3. The van der Waals surface area contributed by atoms with Gasteiger partial charge in [-0.1, -0.05) is 32.0 Å². The summed E-state index contributed by atoms with van der Waals surface area (Å²) in [5.41, 5.74) is 0. The van der Waals surface area contributed by atoms with E-state index in [2.05, 4.69) is 4.72 Å². The molecule has 0 saturated heterocycles. The zero-order chi connectivity index (χ0) is 14.3.